The maximum Gasteiger partial charge on any atom is 0.253 e. The molecular formula is C16H30ClN3O. The van der Waals surface area contributed by atoms with Gasteiger partial charge in [-0.25, -0.2) is 0 Å². The van der Waals surface area contributed by atoms with Crippen molar-refractivity contribution in [3.8, 4) is 0 Å². The third-order valence-corrected chi connectivity index (χ3v) is 3.86. The van der Waals surface area contributed by atoms with Gasteiger partial charge in [-0.3, -0.25) is 4.79 Å². The largest absolute Gasteiger partial charge is 0.349 e. The molecular weight excluding hydrogens is 286 g/mol. The lowest BCUT2D eigenvalue weighted by molar-refractivity contribution is 0.0897. The average molecular weight is 316 g/mol. The highest BCUT2D eigenvalue weighted by atomic mass is 35.5. The Hall–Kier alpha value is -1.00. The fourth-order valence-corrected chi connectivity index (χ4v) is 2.95. The summed E-state index contributed by atoms with van der Waals surface area (Å²) >= 11 is 0. The van der Waals surface area contributed by atoms with Crippen molar-refractivity contribution in [2.75, 3.05) is 6.54 Å². The number of hydrogen-bond acceptors (Lipinski definition) is 2. The number of aromatic nitrogens is 1. The van der Waals surface area contributed by atoms with Crippen LogP contribution in [0.15, 0.2) is 6.07 Å². The van der Waals surface area contributed by atoms with Gasteiger partial charge in [0.1, 0.15) is 0 Å². The molecule has 0 aromatic carbocycles. The second kappa shape index (κ2) is 7.85. The summed E-state index contributed by atoms with van der Waals surface area (Å²) in [7, 11) is 0. The predicted octanol–water partition coefficient (Wildman–Crippen LogP) is 3.04. The molecule has 0 saturated carbocycles. The lowest BCUT2D eigenvalue weighted by atomic mass is 9.90. The van der Waals surface area contributed by atoms with Crippen LogP contribution in [0.5, 0.6) is 0 Å². The number of nitrogens with one attached hydrogen (secondary N) is 1. The summed E-state index contributed by atoms with van der Waals surface area (Å²) in [6.45, 7) is 13.7. The standard InChI is InChI=1S/C16H29N3O.ClH/c1-7-19-12(4)8-14(13(19)5)15(20)18-16(6,10-17)9-11(2)3;/h8,11H,7,9-10,17H2,1-6H3,(H,18,20);1H. The highest BCUT2D eigenvalue weighted by Crippen LogP contribution is 2.19. The van der Waals surface area contributed by atoms with E-state index in [1.54, 1.807) is 0 Å². The number of hydrogen-bond donors (Lipinski definition) is 2. The third kappa shape index (κ3) is 4.75. The van der Waals surface area contributed by atoms with Crippen molar-refractivity contribution in [3.05, 3.63) is 23.0 Å². The Labute approximate surface area is 134 Å². The summed E-state index contributed by atoms with van der Waals surface area (Å²) in [5.41, 5.74) is 8.41. The summed E-state index contributed by atoms with van der Waals surface area (Å²) in [6, 6.07) is 1.96. The number of amides is 1. The molecule has 0 bridgehead atoms. The van der Waals surface area contributed by atoms with Crippen LogP contribution in [0.25, 0.3) is 0 Å². The van der Waals surface area contributed by atoms with Gasteiger partial charge < -0.3 is 15.6 Å². The third-order valence-electron chi connectivity index (χ3n) is 3.86. The molecule has 122 valence electrons. The molecule has 1 atom stereocenters. The van der Waals surface area contributed by atoms with Gasteiger partial charge in [-0.2, -0.15) is 0 Å². The lowest BCUT2D eigenvalue weighted by Crippen LogP contribution is -2.52. The molecule has 0 saturated heterocycles. The molecule has 0 aliphatic heterocycles. The van der Waals surface area contributed by atoms with Crippen LogP contribution in [-0.2, 0) is 6.54 Å². The van der Waals surface area contributed by atoms with Crippen LogP contribution in [0.1, 0.15) is 55.9 Å². The number of carbonyl (C=O) groups excluding carboxylic acids is 1. The molecule has 1 rings (SSSR count). The highest BCUT2D eigenvalue weighted by Gasteiger charge is 2.27. The minimum atomic E-state index is -0.347. The lowest BCUT2D eigenvalue weighted by Gasteiger charge is -2.31. The van der Waals surface area contributed by atoms with Crippen molar-refractivity contribution >= 4 is 18.3 Å². The van der Waals surface area contributed by atoms with Crippen LogP contribution in [0.4, 0.5) is 0 Å². The van der Waals surface area contributed by atoms with Crippen LogP contribution in [0.2, 0.25) is 0 Å². The van der Waals surface area contributed by atoms with Gasteiger partial charge in [-0.1, -0.05) is 13.8 Å². The molecule has 0 radical (unpaired) electrons. The zero-order valence-electron chi connectivity index (χ0n) is 14.1. The molecule has 4 nitrogen and oxygen atoms in total. The number of nitrogens with zero attached hydrogens (tertiary/aromatic N) is 1. The number of nitrogens with two attached hydrogens (primary N) is 1. The normalized spacial score (nSPS) is 13.7. The molecule has 1 heterocycles. The number of aryl methyl sites for hydroxylation is 1. The molecule has 0 spiro atoms. The van der Waals surface area contributed by atoms with Crippen molar-refractivity contribution in [1.29, 1.82) is 0 Å². The van der Waals surface area contributed by atoms with Gasteiger partial charge in [0.15, 0.2) is 0 Å². The molecule has 21 heavy (non-hydrogen) atoms. The summed E-state index contributed by atoms with van der Waals surface area (Å²) in [6.07, 6.45) is 0.877. The van der Waals surface area contributed by atoms with Gasteiger partial charge >= 0.3 is 0 Å². The van der Waals surface area contributed by atoms with Gasteiger partial charge in [0.2, 0.25) is 0 Å². The topological polar surface area (TPSA) is 60.0 Å². The Morgan fingerprint density at radius 3 is 2.38 bits per heavy atom. The van der Waals surface area contributed by atoms with E-state index in [1.165, 1.54) is 0 Å². The molecule has 1 unspecified atom stereocenters. The maximum atomic E-state index is 12.5. The van der Waals surface area contributed by atoms with E-state index in [1.807, 2.05) is 26.8 Å². The van der Waals surface area contributed by atoms with E-state index >= 15 is 0 Å². The summed E-state index contributed by atoms with van der Waals surface area (Å²) < 4.78 is 2.15. The fraction of sp³-hybridized carbons (Fsp3) is 0.688. The maximum absolute atomic E-state index is 12.5. The van der Waals surface area contributed by atoms with Crippen LogP contribution in [0, 0.1) is 19.8 Å². The second-order valence-electron chi connectivity index (χ2n) is 6.35. The van der Waals surface area contributed by atoms with E-state index in [0.29, 0.717) is 12.5 Å². The van der Waals surface area contributed by atoms with Gasteiger partial charge in [-0.15, -0.1) is 12.4 Å². The predicted molar refractivity (Wildman–Crippen MR) is 91.2 cm³/mol. The Balaban J connectivity index is 0.00000400. The molecule has 0 fully saturated rings. The number of carbonyl (C=O) groups is 1. The first-order valence-electron chi connectivity index (χ1n) is 7.43. The van der Waals surface area contributed by atoms with Crippen LogP contribution in [-0.4, -0.2) is 22.6 Å². The summed E-state index contributed by atoms with van der Waals surface area (Å²) in [5.74, 6) is 0.471. The molecule has 3 N–H and O–H groups in total. The van der Waals surface area contributed by atoms with Crippen molar-refractivity contribution in [1.82, 2.24) is 9.88 Å². The van der Waals surface area contributed by atoms with Gasteiger partial charge in [0.25, 0.3) is 5.91 Å². The Kier molecular flexibility index (Phi) is 7.48. The number of rotatable bonds is 6. The Morgan fingerprint density at radius 2 is 2.00 bits per heavy atom. The zero-order chi connectivity index (χ0) is 15.5. The van der Waals surface area contributed by atoms with Crippen LogP contribution >= 0.6 is 12.4 Å². The molecule has 1 aromatic rings. The van der Waals surface area contributed by atoms with Crippen LogP contribution < -0.4 is 11.1 Å². The van der Waals surface area contributed by atoms with E-state index < -0.39 is 0 Å². The van der Waals surface area contributed by atoms with Gasteiger partial charge in [0.05, 0.1) is 5.56 Å². The first kappa shape index (κ1) is 20.0. The monoisotopic (exact) mass is 315 g/mol. The molecule has 0 aliphatic rings. The van der Waals surface area contributed by atoms with E-state index in [9.17, 15) is 4.79 Å². The van der Waals surface area contributed by atoms with Crippen molar-refractivity contribution < 1.29 is 4.79 Å². The highest BCUT2D eigenvalue weighted by molar-refractivity contribution is 5.96. The first-order valence-corrected chi connectivity index (χ1v) is 7.43. The molecule has 1 amide bonds. The summed E-state index contributed by atoms with van der Waals surface area (Å²) in [4.78, 5) is 12.5. The minimum Gasteiger partial charge on any atom is -0.349 e. The summed E-state index contributed by atoms with van der Waals surface area (Å²) in [5, 5.41) is 3.12. The van der Waals surface area contributed by atoms with E-state index in [2.05, 4.69) is 30.7 Å². The van der Waals surface area contributed by atoms with E-state index in [0.717, 1.165) is 29.9 Å². The minimum absolute atomic E-state index is 0. The van der Waals surface area contributed by atoms with Crippen molar-refractivity contribution in [3.63, 3.8) is 0 Å². The second-order valence-corrected chi connectivity index (χ2v) is 6.35. The zero-order valence-corrected chi connectivity index (χ0v) is 14.9. The van der Waals surface area contributed by atoms with Gasteiger partial charge in [0, 0.05) is 30.0 Å². The Morgan fingerprint density at radius 1 is 1.43 bits per heavy atom. The molecule has 5 heteroatoms. The molecule has 0 aliphatic carbocycles. The van der Waals surface area contributed by atoms with Crippen LogP contribution in [0.3, 0.4) is 0 Å². The average Bonchev–Trinajstić information content (AvgIpc) is 2.63. The fourth-order valence-electron chi connectivity index (χ4n) is 2.95. The molecule has 1 aromatic heterocycles. The van der Waals surface area contributed by atoms with Crippen molar-refractivity contribution in [2.24, 2.45) is 11.7 Å². The smallest absolute Gasteiger partial charge is 0.253 e. The Bertz CT molecular complexity index is 482. The van der Waals surface area contributed by atoms with Crippen molar-refractivity contribution in [2.45, 2.75) is 60.0 Å². The van der Waals surface area contributed by atoms with Gasteiger partial charge in [-0.05, 0) is 46.1 Å². The first-order chi connectivity index (χ1) is 9.24. The quantitative estimate of drug-likeness (QED) is 0.847. The van der Waals surface area contributed by atoms with E-state index in [4.69, 9.17) is 5.73 Å². The van der Waals surface area contributed by atoms with E-state index in [-0.39, 0.29) is 23.9 Å². The number of halogens is 1. The SMILES string of the molecule is CCn1c(C)cc(C(=O)NC(C)(CN)CC(C)C)c1C.Cl.